The normalized spacial score (nSPS) is 11.0. The van der Waals surface area contributed by atoms with E-state index in [4.69, 9.17) is 0 Å². The summed E-state index contributed by atoms with van der Waals surface area (Å²) in [4.78, 5) is 18.6. The number of thiophene rings is 1. The molecule has 0 aliphatic rings. The van der Waals surface area contributed by atoms with E-state index in [9.17, 15) is 4.79 Å². The topological polar surface area (TPSA) is 42.0 Å². The number of anilines is 1. The summed E-state index contributed by atoms with van der Waals surface area (Å²) >= 11 is 3.08. The molecule has 0 unspecified atom stereocenters. The first-order chi connectivity index (χ1) is 10.7. The SMILES string of the molecule is Cc1sc(NC(=O)C=Cc2cccs2)nc1-c1ccccc1. The second-order valence-corrected chi connectivity index (χ2v) is 6.81. The van der Waals surface area contributed by atoms with Crippen LogP contribution in [0.4, 0.5) is 5.13 Å². The van der Waals surface area contributed by atoms with Crippen molar-refractivity contribution in [1.29, 1.82) is 0 Å². The number of aryl methyl sites for hydroxylation is 1. The van der Waals surface area contributed by atoms with Gasteiger partial charge in [-0.25, -0.2) is 4.98 Å². The number of carbonyl (C=O) groups is 1. The first-order valence-corrected chi connectivity index (χ1v) is 8.47. The van der Waals surface area contributed by atoms with Crippen LogP contribution in [0.1, 0.15) is 9.75 Å². The van der Waals surface area contributed by atoms with Crippen molar-refractivity contribution in [2.45, 2.75) is 6.92 Å². The van der Waals surface area contributed by atoms with Gasteiger partial charge in [-0.3, -0.25) is 10.1 Å². The van der Waals surface area contributed by atoms with Crippen LogP contribution in [-0.2, 0) is 4.79 Å². The number of nitrogens with one attached hydrogen (secondary N) is 1. The fourth-order valence-corrected chi connectivity index (χ4v) is 3.46. The summed E-state index contributed by atoms with van der Waals surface area (Å²) in [7, 11) is 0. The standard InChI is InChI=1S/C17H14N2OS2/c1-12-16(13-6-3-2-4-7-13)19-17(22-12)18-15(20)10-9-14-8-5-11-21-14/h2-11H,1H3,(H,18,19,20). The lowest BCUT2D eigenvalue weighted by atomic mass is 10.1. The number of carbonyl (C=O) groups excluding carboxylic acids is 1. The van der Waals surface area contributed by atoms with Gasteiger partial charge in [0, 0.05) is 21.4 Å². The molecule has 3 nitrogen and oxygen atoms in total. The van der Waals surface area contributed by atoms with E-state index < -0.39 is 0 Å². The number of aromatic nitrogens is 1. The highest BCUT2D eigenvalue weighted by Crippen LogP contribution is 2.30. The highest BCUT2D eigenvalue weighted by molar-refractivity contribution is 7.16. The Labute approximate surface area is 137 Å². The monoisotopic (exact) mass is 326 g/mol. The van der Waals surface area contributed by atoms with Crippen LogP contribution < -0.4 is 5.32 Å². The van der Waals surface area contributed by atoms with Gasteiger partial charge in [0.15, 0.2) is 5.13 Å². The molecule has 22 heavy (non-hydrogen) atoms. The molecule has 0 fully saturated rings. The number of hydrogen-bond acceptors (Lipinski definition) is 4. The van der Waals surface area contributed by atoms with Crippen LogP contribution in [0.3, 0.4) is 0 Å². The predicted octanol–water partition coefficient (Wildman–Crippen LogP) is 4.83. The number of rotatable bonds is 4. The minimum Gasteiger partial charge on any atom is -0.298 e. The number of amides is 1. The van der Waals surface area contributed by atoms with Crippen LogP contribution >= 0.6 is 22.7 Å². The second kappa shape index (κ2) is 6.68. The van der Waals surface area contributed by atoms with E-state index in [0.717, 1.165) is 21.0 Å². The first-order valence-electron chi connectivity index (χ1n) is 6.78. The van der Waals surface area contributed by atoms with Gasteiger partial charge in [0.05, 0.1) is 5.69 Å². The van der Waals surface area contributed by atoms with Crippen LogP contribution in [0.2, 0.25) is 0 Å². The van der Waals surface area contributed by atoms with Gasteiger partial charge in [-0.05, 0) is 24.4 Å². The highest BCUT2D eigenvalue weighted by atomic mass is 32.1. The summed E-state index contributed by atoms with van der Waals surface area (Å²) in [6.45, 7) is 2.01. The van der Waals surface area contributed by atoms with E-state index in [0.29, 0.717) is 5.13 Å². The van der Waals surface area contributed by atoms with Crippen molar-refractivity contribution in [1.82, 2.24) is 4.98 Å². The zero-order valence-corrected chi connectivity index (χ0v) is 13.6. The molecule has 0 aliphatic carbocycles. The summed E-state index contributed by atoms with van der Waals surface area (Å²) in [5, 5.41) is 5.42. The van der Waals surface area contributed by atoms with Gasteiger partial charge in [-0.1, -0.05) is 36.4 Å². The molecule has 0 saturated carbocycles. The molecule has 1 aromatic carbocycles. The molecule has 0 atom stereocenters. The van der Waals surface area contributed by atoms with Crippen molar-refractivity contribution in [2.24, 2.45) is 0 Å². The molecule has 0 bridgehead atoms. The maximum atomic E-state index is 11.9. The van der Waals surface area contributed by atoms with Crippen molar-refractivity contribution in [3.05, 3.63) is 63.7 Å². The van der Waals surface area contributed by atoms with Crippen molar-refractivity contribution in [3.63, 3.8) is 0 Å². The van der Waals surface area contributed by atoms with Crippen LogP contribution in [-0.4, -0.2) is 10.9 Å². The number of thiazole rings is 1. The van der Waals surface area contributed by atoms with Crippen LogP contribution in [0.15, 0.2) is 53.9 Å². The van der Waals surface area contributed by atoms with E-state index in [1.54, 1.807) is 17.4 Å². The van der Waals surface area contributed by atoms with Gasteiger partial charge >= 0.3 is 0 Å². The summed E-state index contributed by atoms with van der Waals surface area (Å²) in [5.74, 6) is -0.165. The summed E-state index contributed by atoms with van der Waals surface area (Å²) < 4.78 is 0. The molecule has 3 aromatic rings. The first kappa shape index (κ1) is 14.7. The Hall–Kier alpha value is -2.24. The van der Waals surface area contributed by atoms with Gasteiger partial charge in [-0.2, -0.15) is 0 Å². The van der Waals surface area contributed by atoms with Crippen molar-refractivity contribution in [2.75, 3.05) is 5.32 Å². The molecule has 0 saturated heterocycles. The minimum absolute atomic E-state index is 0.165. The third kappa shape index (κ3) is 3.50. The van der Waals surface area contributed by atoms with E-state index >= 15 is 0 Å². The van der Waals surface area contributed by atoms with Gasteiger partial charge in [0.25, 0.3) is 0 Å². The Morgan fingerprint density at radius 3 is 2.73 bits per heavy atom. The summed E-state index contributed by atoms with van der Waals surface area (Å²) in [6.07, 6.45) is 3.34. The lowest BCUT2D eigenvalue weighted by molar-refractivity contribution is -0.111. The minimum atomic E-state index is -0.165. The molecule has 0 radical (unpaired) electrons. The molecule has 3 rings (SSSR count). The molecule has 1 amide bonds. The zero-order chi connectivity index (χ0) is 15.4. The molecule has 2 aromatic heterocycles. The molecule has 5 heteroatoms. The lowest BCUT2D eigenvalue weighted by Gasteiger charge is -1.97. The van der Waals surface area contributed by atoms with Crippen LogP contribution in [0, 0.1) is 6.92 Å². The molecule has 2 heterocycles. The Kier molecular flexibility index (Phi) is 4.46. The van der Waals surface area contributed by atoms with E-state index in [1.807, 2.05) is 54.8 Å². The molecule has 110 valence electrons. The van der Waals surface area contributed by atoms with Gasteiger partial charge in [-0.15, -0.1) is 22.7 Å². The fourth-order valence-electron chi connectivity index (χ4n) is 2.00. The molecule has 0 aliphatic heterocycles. The van der Waals surface area contributed by atoms with Crippen molar-refractivity contribution in [3.8, 4) is 11.3 Å². The van der Waals surface area contributed by atoms with E-state index in [1.165, 1.54) is 17.4 Å². The maximum absolute atomic E-state index is 11.9. The molecule has 0 spiro atoms. The Morgan fingerprint density at radius 1 is 1.18 bits per heavy atom. The quantitative estimate of drug-likeness (QED) is 0.698. The third-order valence-corrected chi connectivity index (χ3v) is 4.74. The lowest BCUT2D eigenvalue weighted by Crippen LogP contribution is -2.07. The predicted molar refractivity (Wildman–Crippen MR) is 94.3 cm³/mol. The molecular formula is C17H14N2OS2. The van der Waals surface area contributed by atoms with Gasteiger partial charge in [0.1, 0.15) is 0 Å². The zero-order valence-electron chi connectivity index (χ0n) is 11.9. The Balaban J connectivity index is 1.72. The van der Waals surface area contributed by atoms with E-state index in [2.05, 4.69) is 10.3 Å². The number of hydrogen-bond donors (Lipinski definition) is 1. The second-order valence-electron chi connectivity index (χ2n) is 4.63. The van der Waals surface area contributed by atoms with E-state index in [-0.39, 0.29) is 5.91 Å². The average molecular weight is 326 g/mol. The number of nitrogens with zero attached hydrogens (tertiary/aromatic N) is 1. The molecule has 1 N–H and O–H groups in total. The maximum Gasteiger partial charge on any atom is 0.250 e. The summed E-state index contributed by atoms with van der Waals surface area (Å²) in [6, 6.07) is 13.9. The fraction of sp³-hybridized carbons (Fsp3) is 0.0588. The summed E-state index contributed by atoms with van der Waals surface area (Å²) in [5.41, 5.74) is 1.98. The van der Waals surface area contributed by atoms with Crippen LogP contribution in [0.25, 0.3) is 17.3 Å². The van der Waals surface area contributed by atoms with Crippen molar-refractivity contribution >= 4 is 39.8 Å². The van der Waals surface area contributed by atoms with Gasteiger partial charge in [0.2, 0.25) is 5.91 Å². The Morgan fingerprint density at radius 2 is 2.00 bits per heavy atom. The van der Waals surface area contributed by atoms with Crippen molar-refractivity contribution < 1.29 is 4.79 Å². The number of benzene rings is 1. The average Bonchev–Trinajstić information content (AvgIpc) is 3.16. The van der Waals surface area contributed by atoms with Crippen LogP contribution in [0.5, 0.6) is 0 Å². The van der Waals surface area contributed by atoms with Gasteiger partial charge < -0.3 is 0 Å². The molecular weight excluding hydrogens is 312 g/mol. The largest absolute Gasteiger partial charge is 0.298 e. The highest BCUT2D eigenvalue weighted by Gasteiger charge is 2.10. The Bertz CT molecular complexity index is 789. The smallest absolute Gasteiger partial charge is 0.250 e. The third-order valence-electron chi connectivity index (χ3n) is 3.02.